The van der Waals surface area contributed by atoms with E-state index in [9.17, 15) is 0 Å². The van der Waals surface area contributed by atoms with Gasteiger partial charge < -0.3 is 0 Å². The van der Waals surface area contributed by atoms with E-state index in [1.54, 1.807) is 0 Å². The Balaban J connectivity index is 1.01. The fourth-order valence-electron chi connectivity index (χ4n) is 14.1. The van der Waals surface area contributed by atoms with Crippen LogP contribution in [-0.4, -0.2) is 0 Å². The molecule has 0 radical (unpaired) electrons. The molecule has 0 amide bonds. The first-order chi connectivity index (χ1) is 36.7. The van der Waals surface area contributed by atoms with Gasteiger partial charge in [0.05, 0.1) is 0 Å². The Kier molecular flexibility index (Phi) is 11.8. The molecule has 0 saturated carbocycles. The summed E-state index contributed by atoms with van der Waals surface area (Å²) in [5.74, 6) is 0.737. The van der Waals surface area contributed by atoms with Crippen molar-refractivity contribution in [3.63, 3.8) is 0 Å². The van der Waals surface area contributed by atoms with Crippen molar-refractivity contribution in [1.29, 1.82) is 0 Å². The largest absolute Gasteiger partial charge is 0.0842 e. The Morgan fingerprint density at radius 3 is 1.26 bits per heavy atom. The van der Waals surface area contributed by atoms with Crippen LogP contribution in [0.1, 0.15) is 118 Å². The minimum absolute atomic E-state index is 0.365. The van der Waals surface area contributed by atoms with Crippen LogP contribution in [0.25, 0.3) is 73.7 Å². The first-order valence-corrected chi connectivity index (χ1v) is 28.0. The average molecular weight is 953 g/mol. The molecular weight excluding hydrogens is 889 g/mol. The van der Waals surface area contributed by atoms with E-state index < -0.39 is 0 Å². The molecule has 0 fully saturated rings. The number of hydrogen-bond donors (Lipinski definition) is 0. The molecule has 0 nitrogen and oxygen atoms in total. The predicted molar refractivity (Wildman–Crippen MR) is 317 cm³/mol. The number of benzene rings is 6. The molecule has 74 heavy (non-hydrogen) atoms. The highest BCUT2D eigenvalue weighted by molar-refractivity contribution is 6.05. The summed E-state index contributed by atoms with van der Waals surface area (Å²) in [5, 5.41) is 14.1. The van der Waals surface area contributed by atoms with Gasteiger partial charge in [0.25, 0.3) is 0 Å². The summed E-state index contributed by atoms with van der Waals surface area (Å²) in [5.41, 5.74) is 20.5. The number of hydrogen-bond acceptors (Lipinski definition) is 0. The summed E-state index contributed by atoms with van der Waals surface area (Å²) >= 11 is 0. The maximum absolute atomic E-state index is 2.68. The van der Waals surface area contributed by atoms with E-state index in [-0.39, 0.29) is 0 Å². The molecule has 8 aliphatic rings. The summed E-state index contributed by atoms with van der Waals surface area (Å²) in [6.07, 6.45) is 57.0. The second kappa shape index (κ2) is 19.4. The van der Waals surface area contributed by atoms with Crippen LogP contribution in [-0.2, 0) is 0 Å². The second-order valence-electron chi connectivity index (χ2n) is 21.8. The topological polar surface area (TPSA) is 0 Å². The Hall–Kier alpha value is -7.54. The van der Waals surface area contributed by atoms with Crippen molar-refractivity contribution in [2.24, 2.45) is 11.8 Å². The Bertz CT molecular complexity index is 4100. The summed E-state index contributed by atoms with van der Waals surface area (Å²) in [7, 11) is 0. The van der Waals surface area contributed by atoms with E-state index >= 15 is 0 Å². The van der Waals surface area contributed by atoms with Gasteiger partial charge in [-0.25, -0.2) is 0 Å². The third-order valence-corrected chi connectivity index (χ3v) is 17.7. The minimum atomic E-state index is 0.365. The summed E-state index contributed by atoms with van der Waals surface area (Å²) in [4.78, 5) is 0. The highest BCUT2D eigenvalue weighted by Gasteiger charge is 2.28. The molecule has 8 aliphatic carbocycles. The lowest BCUT2D eigenvalue weighted by molar-refractivity contribution is 0.827. The van der Waals surface area contributed by atoms with Crippen LogP contribution >= 0.6 is 0 Å². The number of rotatable bonds is 8. The van der Waals surface area contributed by atoms with Crippen molar-refractivity contribution in [1.82, 2.24) is 0 Å². The molecule has 0 saturated heterocycles. The molecule has 14 rings (SSSR count). The molecule has 6 aromatic rings. The maximum atomic E-state index is 2.68. The zero-order chi connectivity index (χ0) is 49.0. The zero-order valence-corrected chi connectivity index (χ0v) is 42.7. The van der Waals surface area contributed by atoms with Crippen LogP contribution in [0.2, 0.25) is 0 Å². The lowest BCUT2D eigenvalue weighted by atomic mass is 9.76. The normalized spacial score (nSPS) is 21.0. The van der Waals surface area contributed by atoms with Gasteiger partial charge in [-0.3, -0.25) is 0 Å². The first kappa shape index (κ1) is 45.1. The lowest BCUT2D eigenvalue weighted by Crippen LogP contribution is -2.41. The van der Waals surface area contributed by atoms with Gasteiger partial charge in [-0.2, -0.15) is 0 Å². The fraction of sp³-hybridized carbons (Fsp3) is 0.216. The van der Waals surface area contributed by atoms with Crippen LogP contribution in [0.4, 0.5) is 0 Å². The van der Waals surface area contributed by atoms with Crippen LogP contribution < -0.4 is 31.3 Å². The number of allylic oxidation sites excluding steroid dienone is 20. The van der Waals surface area contributed by atoms with E-state index in [0.29, 0.717) is 11.8 Å². The minimum Gasteiger partial charge on any atom is -0.0842 e. The van der Waals surface area contributed by atoms with Crippen molar-refractivity contribution in [3.8, 4) is 0 Å². The van der Waals surface area contributed by atoms with Crippen molar-refractivity contribution >= 4 is 73.7 Å². The molecule has 0 spiro atoms. The third kappa shape index (κ3) is 7.97. The lowest BCUT2D eigenvalue weighted by Gasteiger charge is -2.27. The molecule has 6 aromatic carbocycles. The van der Waals surface area contributed by atoms with E-state index in [1.165, 1.54) is 131 Å². The van der Waals surface area contributed by atoms with Crippen LogP contribution in [0.3, 0.4) is 0 Å². The first-order valence-electron chi connectivity index (χ1n) is 28.0. The molecule has 0 aliphatic heterocycles. The highest BCUT2D eigenvalue weighted by atomic mass is 14.3. The Labute approximate surface area is 436 Å². The molecule has 2 unspecified atom stereocenters. The van der Waals surface area contributed by atoms with Gasteiger partial charge in [-0.15, -0.1) is 0 Å². The van der Waals surface area contributed by atoms with Crippen molar-refractivity contribution in [2.75, 3.05) is 0 Å². The van der Waals surface area contributed by atoms with Crippen LogP contribution in [0.5, 0.6) is 0 Å². The predicted octanol–water partition coefficient (Wildman–Crippen LogP) is 14.5. The van der Waals surface area contributed by atoms with E-state index in [1.807, 2.05) is 0 Å². The molecular formula is C74H64. The van der Waals surface area contributed by atoms with Gasteiger partial charge in [0.15, 0.2) is 0 Å². The van der Waals surface area contributed by atoms with Gasteiger partial charge in [0.1, 0.15) is 0 Å². The summed E-state index contributed by atoms with van der Waals surface area (Å²) < 4.78 is 0. The van der Waals surface area contributed by atoms with Gasteiger partial charge in [-0.1, -0.05) is 206 Å². The van der Waals surface area contributed by atoms with E-state index in [0.717, 1.165) is 89.9 Å². The monoisotopic (exact) mass is 953 g/mol. The zero-order valence-electron chi connectivity index (χ0n) is 42.7. The standard InChI is InChI=1S/C74H64/c1-5-19-49(20-6-1)53-33-37-55(38-34-53)71-61-29-15-17-31-63(61)73(67-43-41-57(47-69(67)71)51-23-9-3-10-24-51)65-45-46-66(60-28-14-13-27-59(60)65)74-64-32-18-16-30-62(64)72(56-39-35-54(36-40-56)50-21-7-2-8-22-50)70-48-58(42-44-68(70)74)52-25-11-4-12-26-52/h1-2,5-7,9,11,13-21,23-33,35,37,39,43-44,47-48,57-58H,3-4,8,10,12,22,34,36,38,40-42,45-46H2. The van der Waals surface area contributed by atoms with Crippen LogP contribution in [0.15, 0.2) is 204 Å². The quantitative estimate of drug-likeness (QED) is 0.143. The van der Waals surface area contributed by atoms with Gasteiger partial charge >= 0.3 is 0 Å². The molecule has 0 heterocycles. The van der Waals surface area contributed by atoms with E-state index in [2.05, 4.69) is 206 Å². The van der Waals surface area contributed by atoms with E-state index in [4.69, 9.17) is 0 Å². The number of fused-ring (bicyclic) bond motifs is 5. The summed E-state index contributed by atoms with van der Waals surface area (Å²) in [6, 6.07) is 39.4. The SMILES string of the molecule is C1=CCCC(C2=CC=C(c3c4c(c(C5=c6ccccc6=C(c6c7c(c(C8=CC=C(c9ccccc9)CC8)c8ccccc68)=CC(C6=CCCC=C6)CC=7)CC5)c5ccccc35)=CCC(C3=CCCC=C3)C=4)CC2)=C1. The molecule has 0 heteroatoms. The second-order valence-corrected chi connectivity index (χ2v) is 21.8. The van der Waals surface area contributed by atoms with Gasteiger partial charge in [0.2, 0.25) is 0 Å². The highest BCUT2D eigenvalue weighted by Crippen LogP contribution is 2.40. The average Bonchev–Trinajstić information content (AvgIpc) is 3.48. The van der Waals surface area contributed by atoms with Crippen molar-refractivity contribution in [2.45, 2.75) is 89.9 Å². The smallest absolute Gasteiger partial charge is 0.00589 e. The Morgan fingerprint density at radius 2 is 0.784 bits per heavy atom. The van der Waals surface area contributed by atoms with Crippen LogP contribution in [0, 0.1) is 11.8 Å². The van der Waals surface area contributed by atoms with Crippen molar-refractivity contribution < 1.29 is 0 Å². The van der Waals surface area contributed by atoms with Gasteiger partial charge in [0, 0.05) is 11.8 Å². The fourth-order valence-corrected chi connectivity index (χ4v) is 14.1. The Morgan fingerprint density at radius 1 is 0.324 bits per heavy atom. The molecule has 0 N–H and O–H groups in total. The molecule has 2 atom stereocenters. The maximum Gasteiger partial charge on any atom is 0.00589 e. The third-order valence-electron chi connectivity index (χ3n) is 17.7. The van der Waals surface area contributed by atoms with Gasteiger partial charge in [-0.05, 0) is 221 Å². The summed E-state index contributed by atoms with van der Waals surface area (Å²) in [6.45, 7) is 0. The molecule has 0 aromatic heterocycles. The molecule has 360 valence electrons. The molecule has 0 bridgehead atoms. The van der Waals surface area contributed by atoms with Crippen molar-refractivity contribution in [3.05, 3.63) is 264 Å².